The van der Waals surface area contributed by atoms with Crippen LogP contribution < -0.4 is 5.32 Å². The SMILES string of the molecule is Cc1cccc(C)c1NC(=O)CSc1nnc(Cc2ccc(Cl)cc2)n1C. The topological polar surface area (TPSA) is 59.8 Å². The van der Waals surface area contributed by atoms with E-state index in [0.29, 0.717) is 11.4 Å². The lowest BCUT2D eigenvalue weighted by molar-refractivity contribution is -0.113. The van der Waals surface area contributed by atoms with Crippen molar-refractivity contribution in [2.75, 3.05) is 11.1 Å². The van der Waals surface area contributed by atoms with Crippen molar-refractivity contribution in [2.24, 2.45) is 7.05 Å². The lowest BCUT2D eigenvalue weighted by atomic mass is 10.1. The van der Waals surface area contributed by atoms with Gasteiger partial charge >= 0.3 is 0 Å². The smallest absolute Gasteiger partial charge is 0.234 e. The van der Waals surface area contributed by atoms with Gasteiger partial charge < -0.3 is 9.88 Å². The molecule has 0 unspecified atom stereocenters. The van der Waals surface area contributed by atoms with Crippen LogP contribution >= 0.6 is 23.4 Å². The highest BCUT2D eigenvalue weighted by atomic mass is 35.5. The zero-order valence-electron chi connectivity index (χ0n) is 15.5. The monoisotopic (exact) mass is 400 g/mol. The van der Waals surface area contributed by atoms with Crippen molar-refractivity contribution in [2.45, 2.75) is 25.4 Å². The Bertz CT molecular complexity index is 933. The van der Waals surface area contributed by atoms with E-state index in [0.717, 1.165) is 33.4 Å². The molecule has 0 aliphatic rings. The lowest BCUT2D eigenvalue weighted by Gasteiger charge is -2.11. The van der Waals surface area contributed by atoms with Crippen LogP contribution in [-0.2, 0) is 18.3 Å². The van der Waals surface area contributed by atoms with Gasteiger partial charge in [0.15, 0.2) is 5.16 Å². The van der Waals surface area contributed by atoms with E-state index in [1.807, 2.05) is 67.9 Å². The van der Waals surface area contributed by atoms with Crippen LogP contribution in [0.25, 0.3) is 0 Å². The number of halogens is 1. The first kappa shape index (κ1) is 19.5. The molecular formula is C20H21ClN4OS. The van der Waals surface area contributed by atoms with Gasteiger partial charge in [-0.25, -0.2) is 0 Å². The number of benzene rings is 2. The first-order valence-electron chi connectivity index (χ1n) is 8.55. The van der Waals surface area contributed by atoms with Gasteiger partial charge in [-0.1, -0.05) is 53.7 Å². The Balaban J connectivity index is 1.61. The third-order valence-electron chi connectivity index (χ3n) is 4.28. The Labute approximate surface area is 168 Å². The minimum Gasteiger partial charge on any atom is -0.325 e. The number of hydrogen-bond donors (Lipinski definition) is 1. The normalized spacial score (nSPS) is 10.8. The molecule has 1 aromatic heterocycles. The van der Waals surface area contributed by atoms with Crippen LogP contribution in [0.1, 0.15) is 22.5 Å². The predicted molar refractivity (Wildman–Crippen MR) is 111 cm³/mol. The molecule has 0 aliphatic heterocycles. The number of anilines is 1. The van der Waals surface area contributed by atoms with Crippen molar-refractivity contribution >= 4 is 35.0 Å². The number of carbonyl (C=O) groups excluding carboxylic acids is 1. The van der Waals surface area contributed by atoms with Gasteiger partial charge in [0.2, 0.25) is 5.91 Å². The van der Waals surface area contributed by atoms with Crippen molar-refractivity contribution < 1.29 is 4.79 Å². The van der Waals surface area contributed by atoms with Gasteiger partial charge in [0, 0.05) is 24.2 Å². The maximum Gasteiger partial charge on any atom is 0.234 e. The molecule has 0 saturated carbocycles. The van der Waals surface area contributed by atoms with Gasteiger partial charge in [0.05, 0.1) is 5.75 Å². The van der Waals surface area contributed by atoms with E-state index in [-0.39, 0.29) is 11.7 Å². The summed E-state index contributed by atoms with van der Waals surface area (Å²) in [5, 5.41) is 12.9. The van der Waals surface area contributed by atoms with E-state index in [2.05, 4.69) is 15.5 Å². The second-order valence-electron chi connectivity index (χ2n) is 6.36. The average Bonchev–Trinajstić information content (AvgIpc) is 2.98. The minimum absolute atomic E-state index is 0.0559. The van der Waals surface area contributed by atoms with Crippen molar-refractivity contribution in [1.82, 2.24) is 14.8 Å². The summed E-state index contributed by atoms with van der Waals surface area (Å²) in [7, 11) is 1.91. The van der Waals surface area contributed by atoms with E-state index >= 15 is 0 Å². The Kier molecular flexibility index (Phi) is 6.19. The molecule has 5 nitrogen and oxygen atoms in total. The number of nitrogens with one attached hydrogen (secondary N) is 1. The van der Waals surface area contributed by atoms with Crippen LogP contribution in [0.4, 0.5) is 5.69 Å². The molecule has 1 amide bonds. The standard InChI is InChI=1S/C20H21ClN4OS/c1-13-5-4-6-14(2)19(13)22-18(26)12-27-20-24-23-17(25(20)3)11-15-7-9-16(21)10-8-15/h4-10H,11-12H2,1-3H3,(H,22,26). The maximum atomic E-state index is 12.3. The number of rotatable bonds is 6. The fraction of sp³-hybridized carbons (Fsp3) is 0.250. The number of thioether (sulfide) groups is 1. The van der Waals surface area contributed by atoms with Crippen molar-refractivity contribution in [3.05, 3.63) is 70.0 Å². The molecule has 7 heteroatoms. The number of aryl methyl sites for hydroxylation is 2. The van der Waals surface area contributed by atoms with E-state index in [4.69, 9.17) is 11.6 Å². The van der Waals surface area contributed by atoms with Crippen LogP contribution in [0.15, 0.2) is 47.6 Å². The summed E-state index contributed by atoms with van der Waals surface area (Å²) < 4.78 is 1.92. The van der Waals surface area contributed by atoms with Gasteiger partial charge in [-0.15, -0.1) is 10.2 Å². The summed E-state index contributed by atoms with van der Waals surface area (Å²) >= 11 is 7.30. The molecule has 140 valence electrons. The molecule has 0 aliphatic carbocycles. The zero-order chi connectivity index (χ0) is 19.4. The summed E-state index contributed by atoms with van der Waals surface area (Å²) in [6, 6.07) is 13.6. The summed E-state index contributed by atoms with van der Waals surface area (Å²) in [5.41, 5.74) is 4.10. The molecule has 1 N–H and O–H groups in total. The number of para-hydroxylation sites is 1. The average molecular weight is 401 g/mol. The molecule has 0 radical (unpaired) electrons. The molecular weight excluding hydrogens is 380 g/mol. The Morgan fingerprint density at radius 3 is 2.44 bits per heavy atom. The summed E-state index contributed by atoms with van der Waals surface area (Å²) in [4.78, 5) is 12.3. The van der Waals surface area contributed by atoms with Gasteiger partial charge in [0.25, 0.3) is 0 Å². The highest BCUT2D eigenvalue weighted by molar-refractivity contribution is 7.99. The van der Waals surface area contributed by atoms with E-state index in [1.165, 1.54) is 11.8 Å². The molecule has 1 heterocycles. The molecule has 3 rings (SSSR count). The Morgan fingerprint density at radius 1 is 1.11 bits per heavy atom. The minimum atomic E-state index is -0.0559. The fourth-order valence-corrected chi connectivity index (χ4v) is 3.58. The van der Waals surface area contributed by atoms with Crippen molar-refractivity contribution in [3.63, 3.8) is 0 Å². The highest BCUT2D eigenvalue weighted by Crippen LogP contribution is 2.22. The molecule has 0 fully saturated rings. The van der Waals surface area contributed by atoms with Crippen LogP contribution in [0.2, 0.25) is 5.02 Å². The zero-order valence-corrected chi connectivity index (χ0v) is 17.1. The number of carbonyl (C=O) groups is 1. The van der Waals surface area contributed by atoms with E-state index < -0.39 is 0 Å². The van der Waals surface area contributed by atoms with Crippen molar-refractivity contribution in [3.8, 4) is 0 Å². The molecule has 0 spiro atoms. The molecule has 27 heavy (non-hydrogen) atoms. The number of hydrogen-bond acceptors (Lipinski definition) is 4. The quantitative estimate of drug-likeness (QED) is 0.623. The molecule has 0 saturated heterocycles. The third-order valence-corrected chi connectivity index (χ3v) is 5.55. The van der Waals surface area contributed by atoms with Gasteiger partial charge in [-0.3, -0.25) is 4.79 Å². The predicted octanol–water partition coefficient (Wildman–Crippen LogP) is 4.41. The van der Waals surface area contributed by atoms with E-state index in [9.17, 15) is 4.79 Å². The summed E-state index contributed by atoms with van der Waals surface area (Å²) in [5.74, 6) is 1.07. The first-order chi connectivity index (χ1) is 12.9. The van der Waals surface area contributed by atoms with Crippen LogP contribution in [0.5, 0.6) is 0 Å². The first-order valence-corrected chi connectivity index (χ1v) is 9.92. The largest absolute Gasteiger partial charge is 0.325 e. The summed E-state index contributed by atoms with van der Waals surface area (Å²) in [6.07, 6.45) is 0.663. The van der Waals surface area contributed by atoms with E-state index in [1.54, 1.807) is 0 Å². The van der Waals surface area contributed by atoms with Crippen molar-refractivity contribution in [1.29, 1.82) is 0 Å². The van der Waals surface area contributed by atoms with Gasteiger partial charge in [0.1, 0.15) is 5.82 Å². The number of amides is 1. The Morgan fingerprint density at radius 2 is 1.78 bits per heavy atom. The lowest BCUT2D eigenvalue weighted by Crippen LogP contribution is -2.16. The fourth-order valence-electron chi connectivity index (χ4n) is 2.73. The number of nitrogens with zero attached hydrogens (tertiary/aromatic N) is 3. The molecule has 2 aromatic carbocycles. The summed E-state index contributed by atoms with van der Waals surface area (Å²) in [6.45, 7) is 3.98. The third kappa shape index (κ3) is 4.90. The van der Waals surface area contributed by atoms with Crippen LogP contribution in [0.3, 0.4) is 0 Å². The molecule has 0 atom stereocenters. The number of aromatic nitrogens is 3. The van der Waals surface area contributed by atoms with Crippen LogP contribution in [0, 0.1) is 13.8 Å². The molecule has 3 aromatic rings. The van der Waals surface area contributed by atoms with Crippen LogP contribution in [-0.4, -0.2) is 26.4 Å². The van der Waals surface area contributed by atoms with Gasteiger partial charge in [-0.05, 0) is 42.7 Å². The Hall–Kier alpha value is -2.31. The molecule has 0 bridgehead atoms. The van der Waals surface area contributed by atoms with Gasteiger partial charge in [-0.2, -0.15) is 0 Å². The maximum absolute atomic E-state index is 12.3. The highest BCUT2D eigenvalue weighted by Gasteiger charge is 2.13. The second kappa shape index (κ2) is 8.59. The second-order valence-corrected chi connectivity index (χ2v) is 7.74.